The van der Waals surface area contributed by atoms with Gasteiger partial charge in [0.05, 0.1) is 11.2 Å². The number of aliphatic carboxylic acids is 1. The lowest BCUT2D eigenvalue weighted by atomic mass is 10.0. The van der Waals surface area contributed by atoms with Gasteiger partial charge in [-0.2, -0.15) is 0 Å². The smallest absolute Gasteiger partial charge is 0.323 e. The highest BCUT2D eigenvalue weighted by Crippen LogP contribution is 2.27. The summed E-state index contributed by atoms with van der Waals surface area (Å²) in [6.07, 6.45) is 0. The average molecular weight is 354 g/mol. The summed E-state index contributed by atoms with van der Waals surface area (Å²) in [5.74, 6) is -1.35. The average Bonchev–Trinajstić information content (AvgIpc) is 2.60. The topological polar surface area (TPSA) is 53.4 Å². The number of carboxylic acids is 1. The molecular weight excluding hydrogens is 339 g/mol. The zero-order chi connectivity index (χ0) is 18.0. The summed E-state index contributed by atoms with van der Waals surface area (Å²) in [6.45, 7) is -0.218. The predicted octanol–water partition coefficient (Wildman–Crippen LogP) is 3.73. The van der Waals surface area contributed by atoms with E-state index < -0.39 is 5.97 Å². The number of rotatable bonds is 4. The number of hydrogen-bond acceptors (Lipinski definition) is 3. The van der Waals surface area contributed by atoms with Gasteiger partial charge in [-0.25, -0.2) is 9.37 Å². The molecule has 0 radical (unpaired) electrons. The quantitative estimate of drug-likeness (QED) is 0.724. The fourth-order valence-corrected chi connectivity index (χ4v) is 2.87. The molecule has 0 aliphatic heterocycles. The zero-order valence-corrected chi connectivity index (χ0v) is 14.3. The molecule has 0 saturated carbocycles. The van der Waals surface area contributed by atoms with E-state index in [4.69, 9.17) is 17.3 Å². The van der Waals surface area contributed by atoms with Gasteiger partial charge in [-0.05, 0) is 24.3 Å². The number of benzene rings is 2. The first-order chi connectivity index (χ1) is 12.0. The van der Waals surface area contributed by atoms with Crippen molar-refractivity contribution in [3.05, 3.63) is 66.0 Å². The van der Waals surface area contributed by atoms with E-state index in [1.807, 2.05) is 24.3 Å². The summed E-state index contributed by atoms with van der Waals surface area (Å²) < 4.78 is 14.2. The van der Waals surface area contributed by atoms with E-state index in [9.17, 15) is 9.18 Å². The van der Waals surface area contributed by atoms with Crippen LogP contribution in [-0.4, -0.2) is 39.5 Å². The Hall–Kier alpha value is -2.86. The fraction of sp³-hybridized carbons (Fsp3) is 0.105. The van der Waals surface area contributed by atoms with Crippen LogP contribution in [0.3, 0.4) is 0 Å². The summed E-state index contributed by atoms with van der Waals surface area (Å²) in [6, 6.07) is 15.5. The van der Waals surface area contributed by atoms with Crippen molar-refractivity contribution in [2.24, 2.45) is 0 Å². The summed E-state index contributed by atoms with van der Waals surface area (Å²) in [5, 5.41) is 9.79. The van der Waals surface area contributed by atoms with Crippen LogP contribution >= 0.6 is 12.2 Å². The second kappa shape index (κ2) is 6.94. The molecule has 1 heterocycles. The maximum absolute atomic E-state index is 14.2. The van der Waals surface area contributed by atoms with Crippen molar-refractivity contribution in [2.45, 2.75) is 0 Å². The highest BCUT2D eigenvalue weighted by atomic mass is 32.1. The number of likely N-dealkylation sites (N-methyl/N-ethyl adjacent to an activating group) is 1. The van der Waals surface area contributed by atoms with Crippen molar-refractivity contribution < 1.29 is 14.3 Å². The third-order valence-corrected chi connectivity index (χ3v) is 4.35. The van der Waals surface area contributed by atoms with Gasteiger partial charge in [-0.3, -0.25) is 4.79 Å². The molecule has 0 spiro atoms. The van der Waals surface area contributed by atoms with Crippen molar-refractivity contribution in [1.82, 2.24) is 9.88 Å². The van der Waals surface area contributed by atoms with Gasteiger partial charge in [0.2, 0.25) is 0 Å². The van der Waals surface area contributed by atoms with Crippen LogP contribution in [-0.2, 0) is 4.79 Å². The highest BCUT2D eigenvalue weighted by molar-refractivity contribution is 7.80. The number of hydrogen-bond donors (Lipinski definition) is 1. The fourth-order valence-electron chi connectivity index (χ4n) is 2.64. The minimum atomic E-state index is -0.975. The maximum Gasteiger partial charge on any atom is 0.323 e. The molecule has 0 bridgehead atoms. The monoisotopic (exact) mass is 354 g/mol. The number of pyridine rings is 1. The third-order valence-electron chi connectivity index (χ3n) is 3.82. The van der Waals surface area contributed by atoms with Gasteiger partial charge in [0, 0.05) is 23.6 Å². The number of fused-ring (bicyclic) bond motifs is 1. The molecule has 2 aromatic carbocycles. The first-order valence-electron chi connectivity index (χ1n) is 7.59. The molecule has 1 N–H and O–H groups in total. The van der Waals surface area contributed by atoms with Crippen LogP contribution in [0.4, 0.5) is 4.39 Å². The molecule has 0 aliphatic rings. The van der Waals surface area contributed by atoms with E-state index in [2.05, 4.69) is 4.98 Å². The highest BCUT2D eigenvalue weighted by Gasteiger charge is 2.17. The number of carbonyl (C=O) groups is 1. The van der Waals surface area contributed by atoms with Gasteiger partial charge in [-0.15, -0.1) is 0 Å². The molecule has 25 heavy (non-hydrogen) atoms. The van der Waals surface area contributed by atoms with E-state index in [0.717, 1.165) is 5.39 Å². The van der Waals surface area contributed by atoms with Crippen molar-refractivity contribution in [3.63, 3.8) is 0 Å². The number of thiocarbonyl (C=S) groups is 1. The Balaban J connectivity index is 2.18. The molecule has 126 valence electrons. The van der Waals surface area contributed by atoms with Crippen molar-refractivity contribution in [3.8, 4) is 11.3 Å². The van der Waals surface area contributed by atoms with E-state index in [1.165, 1.54) is 11.0 Å². The van der Waals surface area contributed by atoms with E-state index in [0.29, 0.717) is 27.3 Å². The van der Waals surface area contributed by atoms with E-state index in [-0.39, 0.29) is 12.4 Å². The van der Waals surface area contributed by atoms with Crippen LogP contribution < -0.4 is 0 Å². The summed E-state index contributed by atoms with van der Waals surface area (Å²) in [4.78, 5) is 17.4. The summed E-state index contributed by atoms with van der Waals surface area (Å²) in [7, 11) is 1.62. The first kappa shape index (κ1) is 17.0. The summed E-state index contributed by atoms with van der Waals surface area (Å²) >= 11 is 5.47. The lowest BCUT2D eigenvalue weighted by Gasteiger charge is -2.20. The van der Waals surface area contributed by atoms with Gasteiger partial charge >= 0.3 is 5.97 Å². The van der Waals surface area contributed by atoms with Crippen LogP contribution in [0.5, 0.6) is 0 Å². The SMILES string of the molecule is CN(CC(=O)O)C(=S)c1cc(-c2ccccc2F)nc2ccccc12. The standard InChI is InChI=1S/C19H15FN2O2S/c1-22(11-18(23)24)19(25)14-10-17(13-7-2-4-8-15(13)20)21-16-9-5-3-6-12(14)16/h2-10H,11H2,1H3,(H,23,24). The predicted molar refractivity (Wildman–Crippen MR) is 99.1 cm³/mol. The Morgan fingerprint density at radius 2 is 1.88 bits per heavy atom. The molecule has 0 amide bonds. The number of para-hydroxylation sites is 1. The maximum atomic E-state index is 14.2. The number of aromatic nitrogens is 1. The van der Waals surface area contributed by atoms with Gasteiger partial charge < -0.3 is 10.0 Å². The minimum Gasteiger partial charge on any atom is -0.480 e. The molecule has 6 heteroatoms. The number of nitrogens with zero attached hydrogens (tertiary/aromatic N) is 2. The van der Waals surface area contributed by atoms with Crippen LogP contribution in [0.1, 0.15) is 5.56 Å². The van der Waals surface area contributed by atoms with Crippen LogP contribution in [0.2, 0.25) is 0 Å². The van der Waals surface area contributed by atoms with Crippen molar-refractivity contribution in [1.29, 1.82) is 0 Å². The second-order valence-corrected chi connectivity index (χ2v) is 5.99. The van der Waals surface area contributed by atoms with E-state index >= 15 is 0 Å². The van der Waals surface area contributed by atoms with Crippen LogP contribution in [0.15, 0.2) is 54.6 Å². The zero-order valence-electron chi connectivity index (χ0n) is 13.4. The van der Waals surface area contributed by atoms with Gasteiger partial charge in [0.25, 0.3) is 0 Å². The molecule has 3 aromatic rings. The Kier molecular flexibility index (Phi) is 4.72. The Morgan fingerprint density at radius 1 is 1.20 bits per heavy atom. The molecule has 0 aliphatic carbocycles. The Bertz CT molecular complexity index is 975. The van der Waals surface area contributed by atoms with Gasteiger partial charge in [0.15, 0.2) is 0 Å². The molecule has 3 rings (SSSR count). The summed E-state index contributed by atoms with van der Waals surface area (Å²) in [5.41, 5.74) is 2.16. The van der Waals surface area contributed by atoms with Crippen LogP contribution in [0, 0.1) is 5.82 Å². The minimum absolute atomic E-state index is 0.218. The molecule has 1 aromatic heterocycles. The van der Waals surface area contributed by atoms with Crippen molar-refractivity contribution >= 4 is 34.1 Å². The van der Waals surface area contributed by atoms with E-state index in [1.54, 1.807) is 31.3 Å². The largest absolute Gasteiger partial charge is 0.480 e. The normalized spacial score (nSPS) is 10.6. The molecule has 0 unspecified atom stereocenters. The van der Waals surface area contributed by atoms with Crippen LogP contribution in [0.25, 0.3) is 22.2 Å². The third kappa shape index (κ3) is 3.49. The molecule has 0 saturated heterocycles. The lowest BCUT2D eigenvalue weighted by Crippen LogP contribution is -2.31. The molecule has 4 nitrogen and oxygen atoms in total. The van der Waals surface area contributed by atoms with Gasteiger partial charge in [-0.1, -0.05) is 42.5 Å². The molecule has 0 atom stereocenters. The number of carboxylic acid groups (broad SMARTS) is 1. The second-order valence-electron chi connectivity index (χ2n) is 5.61. The molecular formula is C19H15FN2O2S. The number of halogens is 1. The Labute approximate surface area is 149 Å². The van der Waals surface area contributed by atoms with Crippen molar-refractivity contribution in [2.75, 3.05) is 13.6 Å². The first-order valence-corrected chi connectivity index (χ1v) is 8.00. The Morgan fingerprint density at radius 3 is 2.60 bits per heavy atom. The van der Waals surface area contributed by atoms with Gasteiger partial charge in [0.1, 0.15) is 17.4 Å². The molecule has 0 fully saturated rings. The lowest BCUT2D eigenvalue weighted by molar-refractivity contribution is -0.137.